The maximum atomic E-state index is 6.48. The summed E-state index contributed by atoms with van der Waals surface area (Å²) in [4.78, 5) is 4.17. The first-order chi connectivity index (χ1) is 15.0. The van der Waals surface area contributed by atoms with Crippen molar-refractivity contribution in [2.45, 2.75) is 19.5 Å². The Morgan fingerprint density at radius 1 is 1.00 bits per heavy atom. The lowest BCUT2D eigenvalue weighted by molar-refractivity contribution is 0.352. The molecule has 0 saturated heterocycles. The van der Waals surface area contributed by atoms with Crippen LogP contribution in [0.1, 0.15) is 30.6 Å². The Morgan fingerprint density at radius 3 is 2.26 bits per heavy atom. The molecule has 162 valence electrons. The average molecular weight is 437 g/mol. The Hall–Kier alpha value is -3.04. The first kappa shape index (κ1) is 22.6. The van der Waals surface area contributed by atoms with Crippen molar-refractivity contribution >= 4 is 26.7 Å². The summed E-state index contributed by atoms with van der Waals surface area (Å²) in [6.45, 7) is 7.80. The minimum atomic E-state index is 0.131. The summed E-state index contributed by atoms with van der Waals surface area (Å²) in [5.74, 6) is 3.60. The standard InChI is InChI=1S/C25H28NO4P/c1-7-21(19-14-23(28-5)24(29-6)15-20(19)26-3)30-22-13-8-16(2)31-25(22)17-9-11-18(27-4)12-10-17/h7-15,25,31H,3H2,1-2,4-6H3/b21-7+. The van der Waals surface area contributed by atoms with E-state index in [0.717, 1.165) is 17.1 Å². The van der Waals surface area contributed by atoms with Gasteiger partial charge in [-0.15, -0.1) is 0 Å². The number of aliphatic imine (C=N–C) groups is 1. The Kier molecular flexibility index (Phi) is 7.54. The van der Waals surface area contributed by atoms with Gasteiger partial charge in [-0.2, -0.15) is 0 Å². The highest BCUT2D eigenvalue weighted by molar-refractivity contribution is 7.43. The summed E-state index contributed by atoms with van der Waals surface area (Å²) in [6, 6.07) is 11.8. The van der Waals surface area contributed by atoms with Gasteiger partial charge in [-0.05, 0) is 56.5 Å². The monoisotopic (exact) mass is 437 g/mol. The molecule has 1 heterocycles. The topological polar surface area (TPSA) is 49.3 Å². The van der Waals surface area contributed by atoms with Crippen LogP contribution in [0.2, 0.25) is 0 Å². The van der Waals surface area contributed by atoms with Crippen molar-refractivity contribution in [3.63, 3.8) is 0 Å². The van der Waals surface area contributed by atoms with Gasteiger partial charge in [0, 0.05) is 11.6 Å². The van der Waals surface area contributed by atoms with Crippen LogP contribution in [-0.4, -0.2) is 28.0 Å². The maximum absolute atomic E-state index is 6.48. The minimum Gasteiger partial charge on any atom is -0.497 e. The summed E-state index contributed by atoms with van der Waals surface area (Å²) < 4.78 is 22.7. The van der Waals surface area contributed by atoms with Crippen molar-refractivity contribution in [1.82, 2.24) is 0 Å². The van der Waals surface area contributed by atoms with Crippen molar-refractivity contribution in [3.8, 4) is 17.2 Å². The molecule has 5 nitrogen and oxygen atoms in total. The molecule has 0 radical (unpaired) electrons. The van der Waals surface area contributed by atoms with E-state index >= 15 is 0 Å². The number of allylic oxidation sites excluding steroid dienone is 5. The van der Waals surface area contributed by atoms with Crippen LogP contribution >= 0.6 is 8.58 Å². The molecule has 1 aliphatic rings. The number of ether oxygens (including phenoxy) is 4. The van der Waals surface area contributed by atoms with E-state index in [1.165, 1.54) is 10.9 Å². The van der Waals surface area contributed by atoms with Gasteiger partial charge in [0.2, 0.25) is 0 Å². The first-order valence-corrected chi connectivity index (χ1v) is 11.0. The quantitative estimate of drug-likeness (QED) is 0.264. The average Bonchev–Trinajstić information content (AvgIpc) is 2.82. The van der Waals surface area contributed by atoms with Crippen molar-refractivity contribution in [3.05, 3.63) is 76.8 Å². The molecule has 2 aromatic rings. The van der Waals surface area contributed by atoms with Gasteiger partial charge >= 0.3 is 0 Å². The number of hydrogen-bond acceptors (Lipinski definition) is 5. The van der Waals surface area contributed by atoms with Gasteiger partial charge in [-0.1, -0.05) is 32.1 Å². The highest BCUT2D eigenvalue weighted by Crippen LogP contribution is 2.50. The maximum Gasteiger partial charge on any atom is 0.162 e. The zero-order chi connectivity index (χ0) is 22.4. The van der Waals surface area contributed by atoms with Crippen molar-refractivity contribution in [1.29, 1.82) is 0 Å². The fourth-order valence-electron chi connectivity index (χ4n) is 3.38. The number of rotatable bonds is 8. The molecule has 0 spiro atoms. The minimum absolute atomic E-state index is 0.131. The van der Waals surface area contributed by atoms with Gasteiger partial charge in [0.05, 0.1) is 32.7 Å². The second-order valence-electron chi connectivity index (χ2n) is 6.91. The van der Waals surface area contributed by atoms with E-state index in [2.05, 4.69) is 36.8 Å². The van der Waals surface area contributed by atoms with Crippen LogP contribution in [0.3, 0.4) is 0 Å². The third-order valence-electron chi connectivity index (χ3n) is 5.03. The Bertz CT molecular complexity index is 1040. The van der Waals surface area contributed by atoms with Gasteiger partial charge in [-0.25, -0.2) is 0 Å². The molecule has 0 aliphatic carbocycles. The molecule has 0 N–H and O–H groups in total. The number of hydrogen-bond donors (Lipinski definition) is 0. The SMILES string of the molecule is C=Nc1cc(OC)c(OC)cc1/C(=C\C)OC1=CC=C(C)PC1c1ccc(OC)cc1. The molecule has 3 rings (SSSR count). The molecular weight excluding hydrogens is 409 g/mol. The molecule has 2 aromatic carbocycles. The summed E-state index contributed by atoms with van der Waals surface area (Å²) in [5, 5.41) is 1.33. The zero-order valence-corrected chi connectivity index (χ0v) is 19.6. The summed E-state index contributed by atoms with van der Waals surface area (Å²) in [5.41, 5.74) is 2.77. The second kappa shape index (κ2) is 10.3. The Morgan fingerprint density at radius 2 is 1.68 bits per heavy atom. The number of benzene rings is 2. The molecule has 0 fully saturated rings. The van der Waals surface area contributed by atoms with E-state index in [0.29, 0.717) is 31.5 Å². The summed E-state index contributed by atoms with van der Waals surface area (Å²) in [6.07, 6.45) is 6.09. The fourth-order valence-corrected chi connectivity index (χ4v) is 4.67. The summed E-state index contributed by atoms with van der Waals surface area (Å²) in [7, 11) is 5.47. The second-order valence-corrected chi connectivity index (χ2v) is 8.56. The smallest absolute Gasteiger partial charge is 0.162 e. The van der Waals surface area contributed by atoms with Crippen LogP contribution in [0.25, 0.3) is 5.76 Å². The van der Waals surface area contributed by atoms with Crippen molar-refractivity contribution < 1.29 is 18.9 Å². The van der Waals surface area contributed by atoms with E-state index < -0.39 is 0 Å². The first-order valence-electron chi connectivity index (χ1n) is 9.90. The van der Waals surface area contributed by atoms with Crippen LogP contribution in [0.4, 0.5) is 5.69 Å². The largest absolute Gasteiger partial charge is 0.497 e. The molecule has 0 saturated carbocycles. The predicted molar refractivity (Wildman–Crippen MR) is 129 cm³/mol. The molecule has 2 atom stereocenters. The van der Waals surface area contributed by atoms with E-state index in [9.17, 15) is 0 Å². The van der Waals surface area contributed by atoms with Crippen LogP contribution < -0.4 is 14.2 Å². The molecule has 0 bridgehead atoms. The van der Waals surface area contributed by atoms with Gasteiger partial charge < -0.3 is 18.9 Å². The van der Waals surface area contributed by atoms with Gasteiger partial charge in [-0.3, -0.25) is 4.99 Å². The Labute approximate surface area is 185 Å². The van der Waals surface area contributed by atoms with Gasteiger partial charge in [0.1, 0.15) is 17.3 Å². The zero-order valence-electron chi connectivity index (χ0n) is 18.6. The third-order valence-corrected chi connectivity index (χ3v) is 6.56. The number of methoxy groups -OCH3 is 3. The third kappa shape index (κ3) is 5.00. The van der Waals surface area contributed by atoms with E-state index in [-0.39, 0.29) is 5.66 Å². The van der Waals surface area contributed by atoms with Gasteiger partial charge in [0.15, 0.2) is 11.5 Å². The van der Waals surface area contributed by atoms with Crippen LogP contribution in [-0.2, 0) is 4.74 Å². The van der Waals surface area contributed by atoms with E-state index in [1.807, 2.05) is 37.3 Å². The van der Waals surface area contributed by atoms with E-state index in [4.69, 9.17) is 18.9 Å². The molecule has 0 aromatic heterocycles. The predicted octanol–water partition coefficient (Wildman–Crippen LogP) is 6.64. The molecule has 6 heteroatoms. The van der Waals surface area contributed by atoms with Crippen LogP contribution in [0, 0.1) is 0 Å². The molecule has 1 aliphatic heterocycles. The lowest BCUT2D eigenvalue weighted by atomic mass is 10.1. The van der Waals surface area contributed by atoms with E-state index in [1.54, 1.807) is 27.4 Å². The van der Waals surface area contributed by atoms with Crippen molar-refractivity contribution in [2.75, 3.05) is 21.3 Å². The molecule has 2 unspecified atom stereocenters. The molecule has 31 heavy (non-hydrogen) atoms. The van der Waals surface area contributed by atoms with Crippen molar-refractivity contribution in [2.24, 2.45) is 4.99 Å². The lowest BCUT2D eigenvalue weighted by Crippen LogP contribution is -2.05. The van der Waals surface area contributed by atoms with Crippen LogP contribution in [0.15, 0.2) is 70.7 Å². The normalized spacial score (nSPS) is 16.9. The summed E-state index contributed by atoms with van der Waals surface area (Å²) >= 11 is 0. The molecule has 0 amide bonds. The highest BCUT2D eigenvalue weighted by atomic mass is 31.1. The van der Waals surface area contributed by atoms with Gasteiger partial charge in [0.25, 0.3) is 0 Å². The number of nitrogens with zero attached hydrogens (tertiary/aromatic N) is 1. The fraction of sp³-hybridized carbons (Fsp3) is 0.240. The molecular formula is C25H28NO4P. The highest BCUT2D eigenvalue weighted by Gasteiger charge is 2.24. The Balaban J connectivity index is 1.98. The lowest BCUT2D eigenvalue weighted by Gasteiger charge is -2.26. The van der Waals surface area contributed by atoms with Crippen LogP contribution in [0.5, 0.6) is 17.2 Å².